The summed E-state index contributed by atoms with van der Waals surface area (Å²) in [5.74, 6) is 0.540. The number of aromatic nitrogens is 1. The number of carbonyl (C=O) groups is 1. The van der Waals surface area contributed by atoms with E-state index in [0.29, 0.717) is 16.3 Å². The van der Waals surface area contributed by atoms with E-state index in [-0.39, 0.29) is 12.2 Å². The van der Waals surface area contributed by atoms with Gasteiger partial charge >= 0.3 is 0 Å². The number of ketones is 1. The second kappa shape index (κ2) is 8.88. The number of rotatable bonds is 6. The number of hydrogen-bond donors (Lipinski definition) is 0. The van der Waals surface area contributed by atoms with Crippen LogP contribution >= 0.6 is 50.6 Å². The molecule has 7 heteroatoms. The summed E-state index contributed by atoms with van der Waals surface area (Å²) in [5, 5.41) is 0.612. The SMILES string of the molecule is COc1ccc(Br)cc1C(=O)Cc1ccc(Sc2nc3ccccc3s2)c(Cl)c1. The Bertz CT molecular complexity index is 1180. The fourth-order valence-corrected chi connectivity index (χ4v) is 5.61. The van der Waals surface area contributed by atoms with Crippen LogP contribution in [0.2, 0.25) is 5.02 Å². The van der Waals surface area contributed by atoms with Gasteiger partial charge in [-0.15, -0.1) is 11.3 Å². The number of nitrogens with zero attached hydrogens (tertiary/aromatic N) is 1. The summed E-state index contributed by atoms with van der Waals surface area (Å²) >= 11 is 13.1. The number of carbonyl (C=O) groups excluding carboxylic acids is 1. The maximum atomic E-state index is 12.8. The third-order valence-electron chi connectivity index (χ3n) is 4.29. The van der Waals surface area contributed by atoms with Crippen molar-refractivity contribution in [2.45, 2.75) is 15.7 Å². The van der Waals surface area contributed by atoms with Gasteiger partial charge in [0.2, 0.25) is 0 Å². The lowest BCUT2D eigenvalue weighted by Crippen LogP contribution is -2.06. The zero-order chi connectivity index (χ0) is 20.4. The highest BCUT2D eigenvalue weighted by atomic mass is 79.9. The van der Waals surface area contributed by atoms with Crippen molar-refractivity contribution in [3.05, 3.63) is 81.3 Å². The molecule has 0 fully saturated rings. The highest BCUT2D eigenvalue weighted by Crippen LogP contribution is 2.38. The Hall–Kier alpha value is -1.86. The molecule has 0 aliphatic rings. The van der Waals surface area contributed by atoms with E-state index < -0.39 is 0 Å². The molecule has 0 spiro atoms. The molecule has 1 heterocycles. The number of methoxy groups -OCH3 is 1. The second-order valence-electron chi connectivity index (χ2n) is 6.26. The Morgan fingerprint density at radius 2 is 2.00 bits per heavy atom. The molecule has 0 bridgehead atoms. The van der Waals surface area contributed by atoms with Crippen LogP contribution in [0.3, 0.4) is 0 Å². The highest BCUT2D eigenvalue weighted by Gasteiger charge is 2.15. The van der Waals surface area contributed by atoms with Gasteiger partial charge in [0.1, 0.15) is 5.75 Å². The van der Waals surface area contributed by atoms with Crippen LogP contribution in [-0.2, 0) is 6.42 Å². The Kier molecular flexibility index (Phi) is 6.25. The quantitative estimate of drug-likeness (QED) is 0.258. The molecule has 3 aromatic carbocycles. The molecule has 29 heavy (non-hydrogen) atoms. The van der Waals surface area contributed by atoms with E-state index in [4.69, 9.17) is 16.3 Å². The van der Waals surface area contributed by atoms with E-state index in [0.717, 1.165) is 29.5 Å². The fourth-order valence-electron chi connectivity index (χ4n) is 2.90. The first-order chi connectivity index (χ1) is 14.0. The van der Waals surface area contributed by atoms with Crippen molar-refractivity contribution in [3.63, 3.8) is 0 Å². The van der Waals surface area contributed by atoms with E-state index in [1.165, 1.54) is 11.8 Å². The molecule has 0 atom stereocenters. The molecule has 0 radical (unpaired) electrons. The Labute approximate surface area is 190 Å². The van der Waals surface area contributed by atoms with Gasteiger partial charge in [0, 0.05) is 15.8 Å². The van der Waals surface area contributed by atoms with Crippen molar-refractivity contribution in [2.24, 2.45) is 0 Å². The van der Waals surface area contributed by atoms with Crippen LogP contribution in [0, 0.1) is 0 Å². The van der Waals surface area contributed by atoms with Gasteiger partial charge in [0.15, 0.2) is 10.1 Å². The van der Waals surface area contributed by atoms with E-state index >= 15 is 0 Å². The van der Waals surface area contributed by atoms with Gasteiger partial charge in [-0.2, -0.15) is 0 Å². The lowest BCUT2D eigenvalue weighted by Gasteiger charge is -2.09. The van der Waals surface area contributed by atoms with Crippen molar-refractivity contribution in [3.8, 4) is 5.75 Å². The average Bonchev–Trinajstić information content (AvgIpc) is 3.12. The molecule has 0 amide bonds. The van der Waals surface area contributed by atoms with Crippen LogP contribution in [0.4, 0.5) is 0 Å². The minimum Gasteiger partial charge on any atom is -0.496 e. The standard InChI is InChI=1S/C22H15BrClNO2S2/c1-27-19-8-7-14(23)12-15(19)18(26)11-13-6-9-20(16(24)10-13)28-22-25-17-4-2-3-5-21(17)29-22/h2-10,12H,11H2,1H3. The summed E-state index contributed by atoms with van der Waals surface area (Å²) in [4.78, 5) is 18.3. The van der Waals surface area contributed by atoms with Gasteiger partial charge in [0.25, 0.3) is 0 Å². The third-order valence-corrected chi connectivity index (χ3v) is 7.39. The zero-order valence-corrected chi connectivity index (χ0v) is 19.3. The van der Waals surface area contributed by atoms with Crippen molar-refractivity contribution in [1.82, 2.24) is 4.98 Å². The molecule has 0 aliphatic heterocycles. The van der Waals surface area contributed by atoms with Crippen LogP contribution in [0.1, 0.15) is 15.9 Å². The van der Waals surface area contributed by atoms with Gasteiger partial charge < -0.3 is 4.74 Å². The smallest absolute Gasteiger partial charge is 0.170 e. The summed E-state index contributed by atoms with van der Waals surface area (Å²) in [6.07, 6.45) is 0.249. The minimum absolute atomic E-state index is 0.0224. The Balaban J connectivity index is 1.52. The van der Waals surface area contributed by atoms with E-state index in [2.05, 4.69) is 27.0 Å². The Morgan fingerprint density at radius 3 is 2.76 bits per heavy atom. The highest BCUT2D eigenvalue weighted by molar-refractivity contribution is 9.10. The zero-order valence-electron chi connectivity index (χ0n) is 15.3. The van der Waals surface area contributed by atoms with Crippen LogP contribution in [0.25, 0.3) is 10.2 Å². The topological polar surface area (TPSA) is 39.2 Å². The average molecular weight is 505 g/mol. The van der Waals surface area contributed by atoms with Gasteiger partial charge in [0.05, 0.1) is 27.9 Å². The normalized spacial score (nSPS) is 11.0. The van der Waals surface area contributed by atoms with Crippen LogP contribution < -0.4 is 4.74 Å². The lowest BCUT2D eigenvalue weighted by atomic mass is 10.0. The number of halogens is 2. The molecule has 0 aliphatic carbocycles. The molecule has 0 saturated heterocycles. The number of hydrogen-bond acceptors (Lipinski definition) is 5. The third kappa shape index (κ3) is 4.67. The number of para-hydroxylation sites is 1. The van der Waals surface area contributed by atoms with Crippen LogP contribution in [0.5, 0.6) is 5.75 Å². The summed E-state index contributed by atoms with van der Waals surface area (Å²) in [5.41, 5.74) is 2.39. The van der Waals surface area contributed by atoms with E-state index in [1.807, 2.05) is 42.5 Å². The van der Waals surface area contributed by atoms with E-state index in [1.54, 1.807) is 30.6 Å². The van der Waals surface area contributed by atoms with Crippen LogP contribution in [-0.4, -0.2) is 17.9 Å². The molecule has 4 rings (SSSR count). The monoisotopic (exact) mass is 503 g/mol. The van der Waals surface area contributed by atoms with E-state index in [9.17, 15) is 4.79 Å². The maximum absolute atomic E-state index is 12.8. The Morgan fingerprint density at radius 1 is 1.17 bits per heavy atom. The first-order valence-corrected chi connectivity index (χ1v) is 11.5. The predicted molar refractivity (Wildman–Crippen MR) is 124 cm³/mol. The summed E-state index contributed by atoms with van der Waals surface area (Å²) in [6.45, 7) is 0. The van der Waals surface area contributed by atoms with Gasteiger partial charge in [-0.05, 0) is 48.0 Å². The molecule has 0 saturated carbocycles. The van der Waals surface area contributed by atoms with Crippen LogP contribution in [0.15, 0.2) is 74.4 Å². The minimum atomic E-state index is -0.0224. The molecule has 3 nitrogen and oxygen atoms in total. The fraction of sp³-hybridized carbons (Fsp3) is 0.0909. The first-order valence-electron chi connectivity index (χ1n) is 8.72. The molecule has 146 valence electrons. The summed E-state index contributed by atoms with van der Waals surface area (Å²) in [7, 11) is 1.56. The number of ether oxygens (including phenoxy) is 1. The largest absolute Gasteiger partial charge is 0.496 e. The van der Waals surface area contributed by atoms with Gasteiger partial charge in [-0.1, -0.05) is 57.5 Å². The molecule has 0 N–H and O–H groups in total. The molecule has 1 aromatic heterocycles. The number of Topliss-reactive ketones (excluding diaryl/α,β-unsaturated/α-hetero) is 1. The number of fused-ring (bicyclic) bond motifs is 1. The predicted octanol–water partition coefficient (Wildman–Crippen LogP) is 7.30. The van der Waals surface area contributed by atoms with Gasteiger partial charge in [-0.25, -0.2) is 4.98 Å². The van der Waals surface area contributed by atoms with Gasteiger partial charge in [-0.3, -0.25) is 4.79 Å². The number of benzene rings is 3. The van der Waals surface area contributed by atoms with Crippen molar-refractivity contribution < 1.29 is 9.53 Å². The lowest BCUT2D eigenvalue weighted by molar-refractivity contribution is 0.0990. The summed E-state index contributed by atoms with van der Waals surface area (Å²) in [6, 6.07) is 19.2. The molecular formula is C22H15BrClNO2S2. The van der Waals surface area contributed by atoms with Crippen molar-refractivity contribution >= 4 is 66.6 Å². The second-order valence-corrected chi connectivity index (χ2v) is 9.90. The molecule has 4 aromatic rings. The molecular weight excluding hydrogens is 490 g/mol. The van der Waals surface area contributed by atoms with Crippen molar-refractivity contribution in [1.29, 1.82) is 0 Å². The summed E-state index contributed by atoms with van der Waals surface area (Å²) < 4.78 is 8.24. The first kappa shape index (κ1) is 20.4. The number of thiazole rings is 1. The molecule has 0 unspecified atom stereocenters. The maximum Gasteiger partial charge on any atom is 0.170 e. The van der Waals surface area contributed by atoms with Crippen molar-refractivity contribution in [2.75, 3.05) is 7.11 Å².